The fourth-order valence-electron chi connectivity index (χ4n) is 0.140. The van der Waals surface area contributed by atoms with Gasteiger partial charge in [-0.15, -0.1) is 0 Å². The quantitative estimate of drug-likeness (QED) is 0.385. The highest BCUT2D eigenvalue weighted by Crippen LogP contribution is 1.61. The Hall–Kier alpha value is -1.24. The van der Waals surface area contributed by atoms with E-state index in [2.05, 4.69) is 15.9 Å². The number of hydroxylamine groups is 1. The Labute approximate surface area is 47.2 Å². The SMILES string of the molecule is C[N+]#CONC(C)=O. The number of hydrogen-bond donors (Lipinski definition) is 1. The predicted molar refractivity (Wildman–Crippen MR) is 28.1 cm³/mol. The van der Waals surface area contributed by atoms with Crippen molar-refractivity contribution in [2.75, 3.05) is 7.05 Å². The first-order valence-electron chi connectivity index (χ1n) is 2.03. The molecule has 0 rings (SSSR count). The molecule has 0 aliphatic carbocycles. The van der Waals surface area contributed by atoms with Crippen LogP contribution in [-0.2, 0) is 9.63 Å². The lowest BCUT2D eigenvalue weighted by Crippen LogP contribution is -2.16. The Morgan fingerprint density at radius 1 is 1.88 bits per heavy atom. The normalized spacial score (nSPS) is 6.25. The van der Waals surface area contributed by atoms with E-state index in [1.165, 1.54) is 14.0 Å². The van der Waals surface area contributed by atoms with Crippen molar-refractivity contribution in [3.05, 3.63) is 4.85 Å². The van der Waals surface area contributed by atoms with Crippen LogP contribution in [0.3, 0.4) is 0 Å². The third-order valence-corrected chi connectivity index (χ3v) is 0.332. The Balaban J connectivity index is 3.14. The second-order valence-corrected chi connectivity index (χ2v) is 1.08. The van der Waals surface area contributed by atoms with Crippen LogP contribution in [0.2, 0.25) is 0 Å². The molecule has 1 amide bonds. The van der Waals surface area contributed by atoms with E-state index in [1.807, 2.05) is 5.48 Å². The summed E-state index contributed by atoms with van der Waals surface area (Å²) in [5.74, 6) is -0.277. The van der Waals surface area contributed by atoms with Crippen LogP contribution in [0, 0.1) is 6.26 Å². The zero-order chi connectivity index (χ0) is 6.41. The maximum Gasteiger partial charge on any atom is 0.540 e. The molecule has 0 aromatic rings. The highest BCUT2D eigenvalue weighted by molar-refractivity contribution is 5.71. The Morgan fingerprint density at radius 2 is 2.50 bits per heavy atom. The van der Waals surface area contributed by atoms with Crippen molar-refractivity contribution in [1.82, 2.24) is 5.48 Å². The zero-order valence-electron chi connectivity index (χ0n) is 4.76. The molecule has 4 heteroatoms. The van der Waals surface area contributed by atoms with Crippen LogP contribution in [-0.4, -0.2) is 13.0 Å². The zero-order valence-corrected chi connectivity index (χ0v) is 4.76. The van der Waals surface area contributed by atoms with Crippen molar-refractivity contribution in [2.45, 2.75) is 6.92 Å². The molecule has 0 fully saturated rings. The van der Waals surface area contributed by atoms with Crippen LogP contribution in [0.4, 0.5) is 0 Å². The summed E-state index contributed by atoms with van der Waals surface area (Å²) in [7, 11) is 1.49. The number of nitrogens with one attached hydrogen (secondary N) is 1. The number of hydrogen-bond acceptors (Lipinski definition) is 2. The van der Waals surface area contributed by atoms with Crippen molar-refractivity contribution in [3.8, 4) is 6.26 Å². The van der Waals surface area contributed by atoms with Gasteiger partial charge in [-0.1, -0.05) is 0 Å². The van der Waals surface area contributed by atoms with Gasteiger partial charge < -0.3 is 0 Å². The molecule has 0 spiro atoms. The molecule has 0 saturated heterocycles. The summed E-state index contributed by atoms with van der Waals surface area (Å²) in [4.78, 5) is 17.5. The van der Waals surface area contributed by atoms with Gasteiger partial charge >= 0.3 is 6.26 Å². The summed E-state index contributed by atoms with van der Waals surface area (Å²) in [6.45, 7) is 1.33. The third-order valence-electron chi connectivity index (χ3n) is 0.332. The maximum atomic E-state index is 10.0. The van der Waals surface area contributed by atoms with Crippen molar-refractivity contribution < 1.29 is 9.63 Å². The van der Waals surface area contributed by atoms with Crippen LogP contribution in [0.1, 0.15) is 6.92 Å². The summed E-state index contributed by atoms with van der Waals surface area (Å²) >= 11 is 0. The lowest BCUT2D eigenvalue weighted by Gasteiger charge is -1.85. The molecule has 0 aromatic heterocycles. The standard InChI is InChI=1S/C4H6N2O2/c1-4(7)6-8-3-5-2/h1-2H3/p+1. The van der Waals surface area contributed by atoms with E-state index in [9.17, 15) is 4.79 Å². The van der Waals surface area contributed by atoms with Gasteiger partial charge in [0.15, 0.2) is 0 Å². The van der Waals surface area contributed by atoms with Crippen LogP contribution >= 0.6 is 0 Å². The van der Waals surface area contributed by atoms with E-state index in [0.29, 0.717) is 0 Å². The number of nitrogens with zero attached hydrogens (tertiary/aromatic N) is 1. The molecule has 0 aliphatic heterocycles. The molecule has 0 heterocycles. The molecule has 0 saturated carbocycles. The monoisotopic (exact) mass is 115 g/mol. The summed E-state index contributed by atoms with van der Waals surface area (Å²) in [6, 6.07) is 0. The minimum atomic E-state index is -0.277. The molecule has 8 heavy (non-hydrogen) atoms. The molecular formula is C4H7N2O2+. The Bertz CT molecular complexity index is 133. The van der Waals surface area contributed by atoms with Crippen molar-refractivity contribution in [2.24, 2.45) is 0 Å². The molecule has 1 N–H and O–H groups in total. The highest BCUT2D eigenvalue weighted by atomic mass is 16.6. The van der Waals surface area contributed by atoms with Gasteiger partial charge in [0, 0.05) is 6.92 Å². The van der Waals surface area contributed by atoms with E-state index < -0.39 is 0 Å². The summed E-state index contributed by atoms with van der Waals surface area (Å²) in [5.41, 5.74) is 2.00. The third kappa shape index (κ3) is 4.76. The Kier molecular flexibility index (Phi) is 3.32. The van der Waals surface area contributed by atoms with Gasteiger partial charge in [-0.05, 0) is 4.85 Å². The van der Waals surface area contributed by atoms with Gasteiger partial charge in [0.1, 0.15) is 0 Å². The molecule has 0 aliphatic rings. The molecule has 0 radical (unpaired) electrons. The van der Waals surface area contributed by atoms with Gasteiger partial charge in [-0.2, -0.15) is 5.48 Å². The van der Waals surface area contributed by atoms with Crippen molar-refractivity contribution in [3.63, 3.8) is 0 Å². The van der Waals surface area contributed by atoms with Gasteiger partial charge in [0.05, 0.1) is 0 Å². The largest absolute Gasteiger partial charge is 0.540 e. The fraction of sp³-hybridized carbons (Fsp3) is 0.500. The fourth-order valence-corrected chi connectivity index (χ4v) is 0.140. The van der Waals surface area contributed by atoms with E-state index in [4.69, 9.17) is 0 Å². The van der Waals surface area contributed by atoms with Crippen LogP contribution in [0.5, 0.6) is 0 Å². The van der Waals surface area contributed by atoms with Crippen LogP contribution in [0.15, 0.2) is 0 Å². The molecule has 0 aromatic carbocycles. The van der Waals surface area contributed by atoms with E-state index in [-0.39, 0.29) is 5.91 Å². The molecule has 0 atom stereocenters. The summed E-state index contributed by atoms with van der Waals surface area (Å²) in [5, 5.41) is 0. The van der Waals surface area contributed by atoms with E-state index in [1.54, 1.807) is 0 Å². The summed E-state index contributed by atoms with van der Waals surface area (Å²) < 4.78 is 0. The predicted octanol–water partition coefficient (Wildman–Crippen LogP) is -0.0257. The average Bonchev–Trinajstić information content (AvgIpc) is 1.66. The number of carbonyl (C=O) groups excluding carboxylic acids is 1. The van der Waals surface area contributed by atoms with Crippen molar-refractivity contribution >= 4 is 5.91 Å². The van der Waals surface area contributed by atoms with Gasteiger partial charge in [-0.3, -0.25) is 9.63 Å². The number of amides is 1. The van der Waals surface area contributed by atoms with Gasteiger partial charge in [0.2, 0.25) is 5.91 Å². The molecular weight excluding hydrogens is 108 g/mol. The van der Waals surface area contributed by atoms with Gasteiger partial charge in [0.25, 0.3) is 7.05 Å². The Morgan fingerprint density at radius 3 is 2.88 bits per heavy atom. The molecule has 0 unspecified atom stereocenters. The van der Waals surface area contributed by atoms with E-state index in [0.717, 1.165) is 0 Å². The first-order valence-corrected chi connectivity index (χ1v) is 2.03. The number of rotatable bonds is 1. The second kappa shape index (κ2) is 3.93. The highest BCUT2D eigenvalue weighted by Gasteiger charge is 1.87. The maximum absolute atomic E-state index is 10.0. The molecule has 44 valence electrons. The minimum absolute atomic E-state index is 0.277. The van der Waals surface area contributed by atoms with Gasteiger partial charge in [-0.25, -0.2) is 0 Å². The summed E-state index contributed by atoms with van der Waals surface area (Å²) in [6.07, 6.45) is 2.07. The smallest absolute Gasteiger partial charge is 0.272 e. The lowest BCUT2D eigenvalue weighted by atomic mass is 10.8. The first-order chi connectivity index (χ1) is 3.77. The topological polar surface area (TPSA) is 42.7 Å². The second-order valence-electron chi connectivity index (χ2n) is 1.08. The van der Waals surface area contributed by atoms with Crippen LogP contribution < -0.4 is 5.48 Å². The minimum Gasteiger partial charge on any atom is -0.272 e. The van der Waals surface area contributed by atoms with E-state index >= 15 is 0 Å². The molecule has 4 nitrogen and oxygen atoms in total. The first kappa shape index (κ1) is 6.76. The number of carbonyl (C=O) groups is 1. The van der Waals surface area contributed by atoms with Crippen LogP contribution in [0.25, 0.3) is 4.85 Å². The molecule has 0 bridgehead atoms. The lowest BCUT2D eigenvalue weighted by molar-refractivity contribution is -0.126. The average molecular weight is 115 g/mol. The van der Waals surface area contributed by atoms with Crippen molar-refractivity contribution in [1.29, 1.82) is 0 Å².